The SMILES string of the molecule is CCCCCC/C=C\C=C/CCCCCCCC(=O)O[C@H](COC(=O)CCCCCCCCC(C)CC)COP(=O)(O)OC[C@H](O)COP(=O)(O)OC[C@@H](COC(=O)CCCCCCCCCCCCCCCCCCCCC(C)CC)OC(=O)CCCCCCCCCCCC(C)C. The van der Waals surface area contributed by atoms with Crippen molar-refractivity contribution in [1.29, 1.82) is 0 Å². The Balaban J connectivity index is 5.20. The molecule has 19 heteroatoms. The zero-order valence-electron chi connectivity index (χ0n) is 64.4. The molecule has 0 aliphatic rings. The lowest BCUT2D eigenvalue weighted by molar-refractivity contribution is -0.161. The van der Waals surface area contributed by atoms with Gasteiger partial charge in [0.25, 0.3) is 0 Å². The van der Waals surface area contributed by atoms with Crippen LogP contribution in [0.4, 0.5) is 0 Å². The second-order valence-corrected chi connectivity index (χ2v) is 32.0. The van der Waals surface area contributed by atoms with Crippen molar-refractivity contribution in [1.82, 2.24) is 0 Å². The number of phosphoric ester groups is 2. The molecule has 0 heterocycles. The number of hydrogen-bond acceptors (Lipinski definition) is 15. The van der Waals surface area contributed by atoms with Crippen LogP contribution >= 0.6 is 15.6 Å². The van der Waals surface area contributed by atoms with Crippen LogP contribution in [0.15, 0.2) is 24.3 Å². The molecule has 17 nitrogen and oxygen atoms in total. The number of ether oxygens (including phenoxy) is 4. The maximum Gasteiger partial charge on any atom is 0.472 e. The van der Waals surface area contributed by atoms with Crippen LogP contribution in [-0.4, -0.2) is 96.7 Å². The number of aliphatic hydroxyl groups excluding tert-OH is 1. The zero-order valence-corrected chi connectivity index (χ0v) is 66.2. The third-order valence-electron chi connectivity index (χ3n) is 18.7. The normalized spacial score (nSPS) is 14.7. The lowest BCUT2D eigenvalue weighted by Crippen LogP contribution is -2.30. The Hall–Kier alpha value is -2.46. The Morgan fingerprint density at radius 1 is 0.333 bits per heavy atom. The van der Waals surface area contributed by atoms with Gasteiger partial charge in [-0.2, -0.15) is 0 Å². The van der Waals surface area contributed by atoms with Crippen molar-refractivity contribution >= 4 is 39.5 Å². The van der Waals surface area contributed by atoms with E-state index in [-0.39, 0.29) is 25.7 Å². The van der Waals surface area contributed by atoms with Crippen LogP contribution in [0.5, 0.6) is 0 Å². The monoisotopic (exact) mass is 1450 g/mol. The van der Waals surface area contributed by atoms with Gasteiger partial charge in [0, 0.05) is 25.7 Å². The Bertz CT molecular complexity index is 2020. The van der Waals surface area contributed by atoms with Gasteiger partial charge in [-0.05, 0) is 69.1 Å². The summed E-state index contributed by atoms with van der Waals surface area (Å²) < 4.78 is 68.6. The number of allylic oxidation sites excluding steroid dienone is 4. The summed E-state index contributed by atoms with van der Waals surface area (Å²) in [4.78, 5) is 72.9. The summed E-state index contributed by atoms with van der Waals surface area (Å²) in [5, 5.41) is 10.6. The maximum absolute atomic E-state index is 13.1. The summed E-state index contributed by atoms with van der Waals surface area (Å²) in [6.07, 6.45) is 60.6. The van der Waals surface area contributed by atoms with Crippen molar-refractivity contribution in [3.63, 3.8) is 0 Å². The van der Waals surface area contributed by atoms with E-state index in [2.05, 4.69) is 72.8 Å². The van der Waals surface area contributed by atoms with Crippen molar-refractivity contribution in [3.05, 3.63) is 24.3 Å². The van der Waals surface area contributed by atoms with Gasteiger partial charge in [-0.25, -0.2) is 9.13 Å². The summed E-state index contributed by atoms with van der Waals surface area (Å²) >= 11 is 0. The zero-order chi connectivity index (χ0) is 73.0. The van der Waals surface area contributed by atoms with Crippen LogP contribution in [0.3, 0.4) is 0 Å². The van der Waals surface area contributed by atoms with Crippen LogP contribution in [-0.2, 0) is 65.4 Å². The summed E-state index contributed by atoms with van der Waals surface area (Å²) in [5.41, 5.74) is 0. The molecule has 7 atom stereocenters. The van der Waals surface area contributed by atoms with Gasteiger partial charge < -0.3 is 33.8 Å². The van der Waals surface area contributed by atoms with Gasteiger partial charge in [0.2, 0.25) is 0 Å². The Morgan fingerprint density at radius 2 is 0.596 bits per heavy atom. The summed E-state index contributed by atoms with van der Waals surface area (Å²) in [6, 6.07) is 0. The van der Waals surface area contributed by atoms with E-state index in [1.54, 1.807) is 0 Å². The van der Waals surface area contributed by atoms with Crippen molar-refractivity contribution in [2.24, 2.45) is 17.8 Å². The molecule has 0 bridgehead atoms. The van der Waals surface area contributed by atoms with E-state index in [4.69, 9.17) is 37.0 Å². The van der Waals surface area contributed by atoms with Gasteiger partial charge in [0.05, 0.1) is 26.4 Å². The second-order valence-electron chi connectivity index (χ2n) is 29.1. The van der Waals surface area contributed by atoms with Gasteiger partial charge in [0.15, 0.2) is 12.2 Å². The number of hydrogen-bond donors (Lipinski definition) is 3. The first-order chi connectivity index (χ1) is 47.8. The number of unbranched alkanes of at least 4 members (excludes halogenated alkanes) is 39. The lowest BCUT2D eigenvalue weighted by atomic mass is 9.99. The van der Waals surface area contributed by atoms with Crippen LogP contribution in [0.25, 0.3) is 0 Å². The first-order valence-electron chi connectivity index (χ1n) is 40.7. The van der Waals surface area contributed by atoms with E-state index in [1.165, 1.54) is 180 Å². The molecule has 0 aromatic rings. The Labute approximate surface area is 605 Å². The quantitative estimate of drug-likeness (QED) is 0.0169. The minimum atomic E-state index is -4.97. The van der Waals surface area contributed by atoms with Crippen LogP contribution in [0, 0.1) is 17.8 Å². The van der Waals surface area contributed by atoms with Gasteiger partial charge in [-0.1, -0.05) is 336 Å². The molecule has 0 saturated carbocycles. The van der Waals surface area contributed by atoms with Crippen LogP contribution in [0.2, 0.25) is 0 Å². The molecule has 0 spiro atoms. The van der Waals surface area contributed by atoms with Gasteiger partial charge >= 0.3 is 39.5 Å². The fourth-order valence-electron chi connectivity index (χ4n) is 11.7. The summed E-state index contributed by atoms with van der Waals surface area (Å²) in [7, 11) is -9.93. The molecular formula is C80H152O17P2. The maximum atomic E-state index is 13.1. The molecule has 0 saturated heterocycles. The highest BCUT2D eigenvalue weighted by Crippen LogP contribution is 2.45. The molecule has 584 valence electrons. The van der Waals surface area contributed by atoms with Crippen LogP contribution in [0.1, 0.15) is 389 Å². The second kappa shape index (κ2) is 69.9. The highest BCUT2D eigenvalue weighted by Gasteiger charge is 2.30. The first-order valence-corrected chi connectivity index (χ1v) is 43.7. The highest BCUT2D eigenvalue weighted by atomic mass is 31.2. The predicted molar refractivity (Wildman–Crippen MR) is 404 cm³/mol. The molecule has 0 rings (SSSR count). The van der Waals surface area contributed by atoms with E-state index < -0.39 is 97.5 Å². The van der Waals surface area contributed by atoms with E-state index in [1.807, 2.05) is 0 Å². The third kappa shape index (κ3) is 71.0. The summed E-state index contributed by atoms with van der Waals surface area (Å²) in [5.74, 6) is 0.188. The van der Waals surface area contributed by atoms with E-state index in [9.17, 15) is 43.2 Å². The van der Waals surface area contributed by atoms with Gasteiger partial charge in [-0.3, -0.25) is 37.3 Å². The van der Waals surface area contributed by atoms with Crippen molar-refractivity contribution < 1.29 is 80.2 Å². The standard InChI is InChI=1S/C80H152O17P2/c1-8-11-12-13-14-15-16-17-22-27-30-35-40-49-56-63-79(84)97-76(68-91-78(83)62-55-48-43-42-46-53-60-73(7)10-3)70-95-99(88,89)93-66-74(81)65-92-98(86,87)94-69-75(96-80(85)64-57-50-41-36-31-32-37-44-51-58-71(4)5)67-90-77(82)61-54-47-39-34-29-26-24-21-19-18-20-23-25-28-33-38-45-52-59-72(6)9-2/h15-17,22,71-76,81H,8-14,18-21,23-70H2,1-7H3,(H,86,87)(H,88,89)/b16-15-,22-17-/t72?,73?,74-,75-,76-/m1/s1. The third-order valence-corrected chi connectivity index (χ3v) is 20.6. The van der Waals surface area contributed by atoms with E-state index in [0.717, 1.165) is 127 Å². The fourth-order valence-corrected chi connectivity index (χ4v) is 13.3. The fraction of sp³-hybridized carbons (Fsp3) is 0.900. The molecule has 3 N–H and O–H groups in total. The van der Waals surface area contributed by atoms with Crippen molar-refractivity contribution in [2.75, 3.05) is 39.6 Å². The number of carbonyl (C=O) groups is 4. The molecule has 0 aliphatic heterocycles. The van der Waals surface area contributed by atoms with E-state index >= 15 is 0 Å². The van der Waals surface area contributed by atoms with Gasteiger partial charge in [0.1, 0.15) is 19.3 Å². The molecule has 0 aromatic heterocycles. The molecule has 0 aromatic carbocycles. The smallest absolute Gasteiger partial charge is 0.462 e. The number of rotatable bonds is 76. The van der Waals surface area contributed by atoms with Gasteiger partial charge in [-0.15, -0.1) is 0 Å². The molecular weight excluding hydrogens is 1290 g/mol. The van der Waals surface area contributed by atoms with Crippen LogP contribution < -0.4 is 0 Å². The number of aliphatic hydroxyl groups is 1. The average Bonchev–Trinajstić information content (AvgIpc) is 1.07. The molecule has 0 aliphatic carbocycles. The molecule has 4 unspecified atom stereocenters. The Morgan fingerprint density at radius 3 is 0.899 bits per heavy atom. The summed E-state index contributed by atoms with van der Waals surface area (Å²) in [6.45, 7) is 11.9. The number of phosphoric acid groups is 2. The van der Waals surface area contributed by atoms with Crippen molar-refractivity contribution in [2.45, 2.75) is 407 Å². The topological polar surface area (TPSA) is 237 Å². The minimum absolute atomic E-state index is 0.0839. The predicted octanol–water partition coefficient (Wildman–Crippen LogP) is 23.3. The minimum Gasteiger partial charge on any atom is -0.462 e. The van der Waals surface area contributed by atoms with E-state index in [0.29, 0.717) is 25.7 Å². The number of carbonyl (C=O) groups excluding carboxylic acids is 4. The highest BCUT2D eigenvalue weighted by molar-refractivity contribution is 7.47. The molecule has 0 fully saturated rings. The Kier molecular flexibility index (Phi) is 68.1. The molecule has 0 radical (unpaired) electrons. The molecule has 0 amide bonds. The first kappa shape index (κ1) is 96.5. The van der Waals surface area contributed by atoms with Crippen molar-refractivity contribution in [3.8, 4) is 0 Å². The lowest BCUT2D eigenvalue weighted by Gasteiger charge is -2.21. The largest absolute Gasteiger partial charge is 0.472 e. The molecule has 99 heavy (non-hydrogen) atoms. The number of esters is 4. The average molecular weight is 1450 g/mol.